The van der Waals surface area contributed by atoms with Crippen LogP contribution < -0.4 is 16.6 Å². The number of hydrogen-bond acceptors (Lipinski definition) is 3. The minimum atomic E-state index is -0.205. The summed E-state index contributed by atoms with van der Waals surface area (Å²) >= 11 is 0. The second-order valence-electron chi connectivity index (χ2n) is 4.13. The Morgan fingerprint density at radius 1 is 1.50 bits per heavy atom. The topological polar surface area (TPSA) is 56.0 Å². The minimum Gasteiger partial charge on any atom is -0.312 e. The van der Waals surface area contributed by atoms with E-state index in [0.717, 1.165) is 19.4 Å². The second-order valence-corrected chi connectivity index (χ2v) is 4.13. The lowest BCUT2D eigenvalue weighted by molar-refractivity contribution is 0.467. The molecule has 0 aliphatic carbocycles. The first kappa shape index (κ1) is 11.1. The Hall–Kier alpha value is -1.36. The average molecular weight is 223 g/mol. The van der Waals surface area contributed by atoms with Crippen LogP contribution in [0.25, 0.3) is 0 Å². The zero-order valence-electron chi connectivity index (χ0n) is 9.48. The third-order valence-electron chi connectivity index (χ3n) is 3.05. The van der Waals surface area contributed by atoms with Gasteiger partial charge in [0.05, 0.1) is 0 Å². The van der Waals surface area contributed by atoms with Gasteiger partial charge in [0.25, 0.3) is 5.56 Å². The van der Waals surface area contributed by atoms with Gasteiger partial charge in [0.1, 0.15) is 0 Å². The number of nitrogens with one attached hydrogen (secondary N) is 1. The highest BCUT2D eigenvalue weighted by atomic mass is 16.2. The molecule has 1 unspecified atom stereocenters. The van der Waals surface area contributed by atoms with Crippen molar-refractivity contribution in [3.63, 3.8) is 0 Å². The summed E-state index contributed by atoms with van der Waals surface area (Å²) in [4.78, 5) is 23.5. The summed E-state index contributed by atoms with van der Waals surface area (Å²) < 4.78 is 2.88. The Morgan fingerprint density at radius 3 is 2.94 bits per heavy atom. The van der Waals surface area contributed by atoms with Gasteiger partial charge in [-0.2, -0.15) is 0 Å². The lowest BCUT2D eigenvalue weighted by atomic mass is 10.2. The number of aromatic nitrogens is 2. The zero-order valence-corrected chi connectivity index (χ0v) is 9.48. The standard InChI is InChI=1S/C11H17N3O2/c1-2-13-7-5-10(15)14(11(13)16)8-9-4-3-6-12-9/h5,7,9,12H,2-4,6,8H2,1H3. The van der Waals surface area contributed by atoms with E-state index in [0.29, 0.717) is 13.1 Å². The highest BCUT2D eigenvalue weighted by Gasteiger charge is 2.16. The average Bonchev–Trinajstić information content (AvgIpc) is 2.77. The fourth-order valence-electron chi connectivity index (χ4n) is 2.10. The van der Waals surface area contributed by atoms with Crippen LogP contribution in [0.5, 0.6) is 0 Å². The van der Waals surface area contributed by atoms with Crippen molar-refractivity contribution in [3.8, 4) is 0 Å². The SMILES string of the molecule is CCn1ccc(=O)n(CC2CCCN2)c1=O. The number of nitrogens with zero attached hydrogens (tertiary/aromatic N) is 2. The normalized spacial score (nSPS) is 20.2. The molecule has 0 spiro atoms. The van der Waals surface area contributed by atoms with Gasteiger partial charge >= 0.3 is 5.69 Å². The van der Waals surface area contributed by atoms with Crippen LogP contribution >= 0.6 is 0 Å². The molecule has 5 nitrogen and oxygen atoms in total. The smallest absolute Gasteiger partial charge is 0.312 e. The molecule has 1 aromatic rings. The molecule has 0 bridgehead atoms. The molecule has 2 heterocycles. The molecule has 1 saturated heterocycles. The van der Waals surface area contributed by atoms with Gasteiger partial charge in [-0.05, 0) is 26.3 Å². The van der Waals surface area contributed by atoms with Gasteiger partial charge in [-0.1, -0.05) is 0 Å². The van der Waals surface area contributed by atoms with E-state index >= 15 is 0 Å². The largest absolute Gasteiger partial charge is 0.331 e. The van der Waals surface area contributed by atoms with Crippen molar-refractivity contribution >= 4 is 0 Å². The molecule has 0 amide bonds. The van der Waals surface area contributed by atoms with Crippen LogP contribution in [0.2, 0.25) is 0 Å². The van der Waals surface area contributed by atoms with Gasteiger partial charge in [0.2, 0.25) is 0 Å². The lowest BCUT2D eigenvalue weighted by Crippen LogP contribution is -2.43. The molecule has 88 valence electrons. The van der Waals surface area contributed by atoms with Crippen molar-refractivity contribution < 1.29 is 0 Å². The Balaban J connectivity index is 2.31. The first-order chi connectivity index (χ1) is 7.72. The molecule has 2 rings (SSSR count). The van der Waals surface area contributed by atoms with E-state index < -0.39 is 0 Å². The van der Waals surface area contributed by atoms with Crippen LogP contribution in [0.15, 0.2) is 21.9 Å². The second kappa shape index (κ2) is 4.65. The predicted octanol–water partition coefficient (Wildman–Crippen LogP) is -0.218. The Bertz CT molecular complexity index is 469. The summed E-state index contributed by atoms with van der Waals surface area (Å²) in [6.45, 7) is 3.95. The van der Waals surface area contributed by atoms with Crippen molar-refractivity contribution in [3.05, 3.63) is 33.1 Å². The monoisotopic (exact) mass is 223 g/mol. The van der Waals surface area contributed by atoms with Crippen LogP contribution in [-0.4, -0.2) is 21.7 Å². The van der Waals surface area contributed by atoms with E-state index in [4.69, 9.17) is 0 Å². The molecule has 1 atom stereocenters. The van der Waals surface area contributed by atoms with Crippen LogP contribution in [0.1, 0.15) is 19.8 Å². The fraction of sp³-hybridized carbons (Fsp3) is 0.636. The van der Waals surface area contributed by atoms with E-state index in [2.05, 4.69) is 5.32 Å². The van der Waals surface area contributed by atoms with Gasteiger partial charge in [0, 0.05) is 31.4 Å². The van der Waals surface area contributed by atoms with Crippen molar-refractivity contribution in [2.45, 2.75) is 38.9 Å². The molecule has 5 heteroatoms. The maximum Gasteiger partial charge on any atom is 0.331 e. The Morgan fingerprint density at radius 2 is 2.31 bits per heavy atom. The summed E-state index contributed by atoms with van der Waals surface area (Å²) in [7, 11) is 0. The third kappa shape index (κ3) is 2.09. The van der Waals surface area contributed by atoms with Crippen LogP contribution in [0, 0.1) is 0 Å². The molecule has 1 aliphatic heterocycles. The summed E-state index contributed by atoms with van der Waals surface area (Å²) in [6.07, 6.45) is 3.71. The number of hydrogen-bond donors (Lipinski definition) is 1. The molecule has 1 N–H and O–H groups in total. The molecular weight excluding hydrogens is 206 g/mol. The Labute approximate surface area is 93.7 Å². The van der Waals surface area contributed by atoms with Crippen LogP contribution in [-0.2, 0) is 13.1 Å². The quantitative estimate of drug-likeness (QED) is 0.771. The van der Waals surface area contributed by atoms with Crippen molar-refractivity contribution in [2.75, 3.05) is 6.54 Å². The van der Waals surface area contributed by atoms with Gasteiger partial charge in [0.15, 0.2) is 0 Å². The van der Waals surface area contributed by atoms with E-state index in [9.17, 15) is 9.59 Å². The van der Waals surface area contributed by atoms with Gasteiger partial charge in [-0.3, -0.25) is 9.36 Å². The molecule has 1 aliphatic rings. The third-order valence-corrected chi connectivity index (χ3v) is 3.05. The van der Waals surface area contributed by atoms with Crippen molar-refractivity contribution in [1.82, 2.24) is 14.5 Å². The van der Waals surface area contributed by atoms with E-state index in [1.165, 1.54) is 10.6 Å². The summed E-state index contributed by atoms with van der Waals surface area (Å²) in [5.74, 6) is 0. The van der Waals surface area contributed by atoms with Crippen molar-refractivity contribution in [2.24, 2.45) is 0 Å². The molecule has 0 saturated carbocycles. The van der Waals surface area contributed by atoms with Crippen molar-refractivity contribution in [1.29, 1.82) is 0 Å². The first-order valence-corrected chi connectivity index (χ1v) is 5.76. The number of rotatable bonds is 3. The minimum absolute atomic E-state index is 0.205. The maximum atomic E-state index is 11.9. The molecule has 1 aromatic heterocycles. The zero-order chi connectivity index (χ0) is 11.5. The van der Waals surface area contributed by atoms with E-state index in [1.54, 1.807) is 10.8 Å². The molecular formula is C11H17N3O2. The van der Waals surface area contributed by atoms with E-state index in [-0.39, 0.29) is 17.3 Å². The van der Waals surface area contributed by atoms with Gasteiger partial charge in [-0.25, -0.2) is 4.79 Å². The first-order valence-electron chi connectivity index (χ1n) is 5.76. The lowest BCUT2D eigenvalue weighted by Gasteiger charge is -2.12. The van der Waals surface area contributed by atoms with Crippen LogP contribution in [0.4, 0.5) is 0 Å². The summed E-state index contributed by atoms with van der Waals surface area (Å²) in [6, 6.07) is 1.72. The summed E-state index contributed by atoms with van der Waals surface area (Å²) in [5, 5.41) is 3.29. The highest BCUT2D eigenvalue weighted by molar-refractivity contribution is 4.88. The van der Waals surface area contributed by atoms with E-state index in [1.807, 2.05) is 6.92 Å². The maximum absolute atomic E-state index is 11.9. The molecule has 1 fully saturated rings. The molecule has 16 heavy (non-hydrogen) atoms. The summed E-state index contributed by atoms with van der Waals surface area (Å²) in [5.41, 5.74) is -0.410. The number of aryl methyl sites for hydroxylation is 1. The Kier molecular flexibility index (Phi) is 3.24. The predicted molar refractivity (Wildman–Crippen MR) is 61.7 cm³/mol. The highest BCUT2D eigenvalue weighted by Crippen LogP contribution is 2.05. The molecule has 0 radical (unpaired) electrons. The van der Waals surface area contributed by atoms with Crippen LogP contribution in [0.3, 0.4) is 0 Å². The van der Waals surface area contributed by atoms with Gasteiger partial charge < -0.3 is 9.88 Å². The molecule has 0 aromatic carbocycles. The van der Waals surface area contributed by atoms with Gasteiger partial charge in [-0.15, -0.1) is 0 Å². The fourth-order valence-corrected chi connectivity index (χ4v) is 2.10.